The zero-order valence-electron chi connectivity index (χ0n) is 11.7. The van der Waals surface area contributed by atoms with Gasteiger partial charge >= 0.3 is 0 Å². The molecule has 0 heterocycles. The molecule has 0 spiro atoms. The molecule has 3 N–H and O–H groups in total. The smallest absolute Gasteiger partial charge is 0.224 e. The van der Waals surface area contributed by atoms with E-state index in [4.69, 9.17) is 5.73 Å². The van der Waals surface area contributed by atoms with Crippen LogP contribution in [0.3, 0.4) is 0 Å². The summed E-state index contributed by atoms with van der Waals surface area (Å²) in [6.07, 6.45) is 4.81. The number of nitrogens with two attached hydrogens (primary N) is 1. The number of hydrogen-bond donors (Lipinski definition) is 2. The van der Waals surface area contributed by atoms with E-state index < -0.39 is 0 Å². The van der Waals surface area contributed by atoms with Crippen molar-refractivity contribution >= 4 is 24.0 Å². The minimum atomic E-state index is -0.287. The Hall–Kier alpha value is -1.13. The van der Waals surface area contributed by atoms with Crippen LogP contribution in [0, 0.1) is 18.7 Å². The highest BCUT2D eigenvalue weighted by Gasteiger charge is 2.24. The number of aryl methyl sites for hydroxylation is 1. The summed E-state index contributed by atoms with van der Waals surface area (Å²) in [4.78, 5) is 12.0. The molecular weight excluding hydrogens is 279 g/mol. The third-order valence-electron chi connectivity index (χ3n) is 3.88. The average Bonchev–Trinajstić information content (AvgIpc) is 2.36. The summed E-state index contributed by atoms with van der Waals surface area (Å²) < 4.78 is 13.0. The molecule has 2 atom stereocenters. The van der Waals surface area contributed by atoms with Crippen molar-refractivity contribution in [1.82, 2.24) is 0 Å². The molecule has 1 fully saturated rings. The molecule has 20 heavy (non-hydrogen) atoms. The second-order valence-corrected chi connectivity index (χ2v) is 5.42. The summed E-state index contributed by atoms with van der Waals surface area (Å²) in [5, 5.41) is 2.84. The van der Waals surface area contributed by atoms with Gasteiger partial charge in [-0.1, -0.05) is 12.8 Å². The van der Waals surface area contributed by atoms with Gasteiger partial charge in [-0.25, -0.2) is 4.39 Å². The molecule has 1 amide bonds. The van der Waals surface area contributed by atoms with E-state index in [1.807, 2.05) is 0 Å². The third kappa shape index (κ3) is 4.46. The van der Waals surface area contributed by atoms with Crippen LogP contribution in [-0.4, -0.2) is 11.9 Å². The van der Waals surface area contributed by atoms with Crippen LogP contribution in [0.4, 0.5) is 10.1 Å². The molecule has 5 heteroatoms. The normalized spacial score (nSPS) is 21.9. The first-order valence-corrected chi connectivity index (χ1v) is 6.88. The van der Waals surface area contributed by atoms with E-state index in [0.29, 0.717) is 12.1 Å². The highest BCUT2D eigenvalue weighted by atomic mass is 35.5. The molecule has 1 aromatic rings. The third-order valence-corrected chi connectivity index (χ3v) is 3.88. The molecule has 1 aliphatic rings. The van der Waals surface area contributed by atoms with Gasteiger partial charge in [0.2, 0.25) is 5.91 Å². The summed E-state index contributed by atoms with van der Waals surface area (Å²) in [5.74, 6) is -0.0450. The molecule has 0 saturated heterocycles. The van der Waals surface area contributed by atoms with Gasteiger partial charge in [-0.2, -0.15) is 0 Å². The molecule has 0 aliphatic heterocycles. The van der Waals surface area contributed by atoms with Gasteiger partial charge in [-0.05, 0) is 49.4 Å². The van der Waals surface area contributed by atoms with Crippen LogP contribution in [0.2, 0.25) is 0 Å². The Balaban J connectivity index is 0.00000200. The second-order valence-electron chi connectivity index (χ2n) is 5.42. The predicted octanol–water partition coefficient (Wildman–Crippen LogP) is 3.40. The number of hydrogen-bond acceptors (Lipinski definition) is 2. The van der Waals surface area contributed by atoms with E-state index in [1.54, 1.807) is 13.0 Å². The van der Waals surface area contributed by atoms with Crippen molar-refractivity contribution in [2.75, 3.05) is 5.32 Å². The largest absolute Gasteiger partial charge is 0.327 e. The van der Waals surface area contributed by atoms with E-state index >= 15 is 0 Å². The topological polar surface area (TPSA) is 55.1 Å². The van der Waals surface area contributed by atoms with Crippen molar-refractivity contribution in [3.05, 3.63) is 29.6 Å². The minimum Gasteiger partial charge on any atom is -0.327 e. The molecule has 0 aromatic heterocycles. The lowest BCUT2D eigenvalue weighted by Crippen LogP contribution is -2.35. The van der Waals surface area contributed by atoms with Crippen LogP contribution in [0.1, 0.15) is 37.7 Å². The lowest BCUT2D eigenvalue weighted by molar-refractivity contribution is -0.117. The van der Waals surface area contributed by atoms with Crippen molar-refractivity contribution in [2.24, 2.45) is 11.7 Å². The summed E-state index contributed by atoms with van der Waals surface area (Å²) in [7, 11) is 0. The van der Waals surface area contributed by atoms with Gasteiger partial charge in [0.05, 0.1) is 0 Å². The number of benzene rings is 1. The number of anilines is 1. The van der Waals surface area contributed by atoms with Gasteiger partial charge in [0.25, 0.3) is 0 Å². The summed E-state index contributed by atoms with van der Waals surface area (Å²) in [6.45, 7) is 1.78. The lowest BCUT2D eigenvalue weighted by Gasteiger charge is -2.28. The van der Waals surface area contributed by atoms with Gasteiger partial charge in [0, 0.05) is 18.2 Å². The van der Waals surface area contributed by atoms with Crippen molar-refractivity contribution in [3.8, 4) is 0 Å². The fraction of sp³-hybridized carbons (Fsp3) is 0.533. The molecule has 0 radical (unpaired) electrons. The molecule has 1 saturated carbocycles. The first-order valence-electron chi connectivity index (χ1n) is 6.88. The van der Waals surface area contributed by atoms with Crippen molar-refractivity contribution in [3.63, 3.8) is 0 Å². The molecular formula is C15H22ClFN2O. The molecule has 3 nitrogen and oxygen atoms in total. The summed E-state index contributed by atoms with van der Waals surface area (Å²) in [6, 6.07) is 4.51. The zero-order chi connectivity index (χ0) is 13.8. The zero-order valence-corrected chi connectivity index (χ0v) is 12.5. The van der Waals surface area contributed by atoms with Crippen molar-refractivity contribution in [1.29, 1.82) is 0 Å². The van der Waals surface area contributed by atoms with Crippen LogP contribution in [0.5, 0.6) is 0 Å². The average molecular weight is 301 g/mol. The fourth-order valence-electron chi connectivity index (χ4n) is 2.70. The van der Waals surface area contributed by atoms with Gasteiger partial charge in [-0.15, -0.1) is 12.4 Å². The number of carbonyl (C=O) groups excluding carboxylic acids is 1. The van der Waals surface area contributed by atoms with Gasteiger partial charge in [-0.3, -0.25) is 4.79 Å². The number of nitrogens with one attached hydrogen (secondary N) is 1. The summed E-state index contributed by atoms with van der Waals surface area (Å²) in [5.41, 5.74) is 7.45. The molecule has 2 unspecified atom stereocenters. The number of carbonyl (C=O) groups is 1. The molecule has 1 aromatic carbocycles. The molecule has 0 bridgehead atoms. The Labute approximate surface area is 125 Å². The van der Waals surface area contributed by atoms with Gasteiger partial charge in [0.1, 0.15) is 5.82 Å². The SMILES string of the molecule is Cc1cc(F)ccc1NC(=O)CC1CCCCC1N.Cl. The Morgan fingerprint density at radius 1 is 1.40 bits per heavy atom. The number of halogens is 2. The summed E-state index contributed by atoms with van der Waals surface area (Å²) >= 11 is 0. The number of rotatable bonds is 3. The molecule has 112 valence electrons. The van der Waals surface area contributed by atoms with Crippen molar-refractivity contribution in [2.45, 2.75) is 45.1 Å². The molecule has 2 rings (SSSR count). The van der Waals surface area contributed by atoms with Crippen LogP contribution in [0.25, 0.3) is 0 Å². The Kier molecular flexibility index (Phi) is 6.43. The van der Waals surface area contributed by atoms with Crippen LogP contribution < -0.4 is 11.1 Å². The van der Waals surface area contributed by atoms with Gasteiger partial charge < -0.3 is 11.1 Å². The first-order chi connectivity index (χ1) is 9.06. The first kappa shape index (κ1) is 16.9. The predicted molar refractivity (Wildman–Crippen MR) is 81.6 cm³/mol. The van der Waals surface area contributed by atoms with E-state index in [1.165, 1.54) is 12.1 Å². The van der Waals surface area contributed by atoms with Crippen molar-refractivity contribution < 1.29 is 9.18 Å². The fourth-order valence-corrected chi connectivity index (χ4v) is 2.70. The Morgan fingerprint density at radius 2 is 2.10 bits per heavy atom. The maximum atomic E-state index is 13.0. The van der Waals surface area contributed by atoms with E-state index in [-0.39, 0.29) is 36.1 Å². The maximum Gasteiger partial charge on any atom is 0.224 e. The molecule has 1 aliphatic carbocycles. The highest BCUT2D eigenvalue weighted by Crippen LogP contribution is 2.26. The van der Waals surface area contributed by atoms with E-state index in [2.05, 4.69) is 5.32 Å². The maximum absolute atomic E-state index is 13.0. The van der Waals surface area contributed by atoms with Gasteiger partial charge in [0.15, 0.2) is 0 Å². The van der Waals surface area contributed by atoms with E-state index in [0.717, 1.165) is 31.2 Å². The van der Waals surface area contributed by atoms with Crippen LogP contribution in [-0.2, 0) is 4.79 Å². The minimum absolute atomic E-state index is 0. The monoisotopic (exact) mass is 300 g/mol. The highest BCUT2D eigenvalue weighted by molar-refractivity contribution is 5.91. The standard InChI is InChI=1S/C15H21FN2O.ClH/c1-10-8-12(16)6-7-14(10)18-15(19)9-11-4-2-3-5-13(11)17;/h6-8,11,13H,2-5,9,17H2,1H3,(H,18,19);1H. The Morgan fingerprint density at radius 3 is 2.75 bits per heavy atom. The quantitative estimate of drug-likeness (QED) is 0.899. The lowest BCUT2D eigenvalue weighted by atomic mass is 9.83. The Bertz CT molecular complexity index is 467. The second kappa shape index (κ2) is 7.60. The van der Waals surface area contributed by atoms with E-state index in [9.17, 15) is 9.18 Å². The van der Waals surface area contributed by atoms with Crippen LogP contribution >= 0.6 is 12.4 Å². The van der Waals surface area contributed by atoms with Crippen LogP contribution in [0.15, 0.2) is 18.2 Å². The number of amides is 1.